The van der Waals surface area contributed by atoms with Gasteiger partial charge in [-0.2, -0.15) is 0 Å². The van der Waals surface area contributed by atoms with E-state index in [2.05, 4.69) is 0 Å². The Morgan fingerprint density at radius 2 is 1.81 bits per heavy atom. The van der Waals surface area contributed by atoms with Crippen LogP contribution in [0.1, 0.15) is 18.1 Å². The van der Waals surface area contributed by atoms with E-state index in [1.165, 1.54) is 33.3 Å². The molecule has 8 heteroatoms. The van der Waals surface area contributed by atoms with E-state index in [9.17, 15) is 13.2 Å². The molecular formula is C19H19ClO6S. The van der Waals surface area contributed by atoms with Crippen molar-refractivity contribution >= 4 is 33.5 Å². The molecule has 0 aliphatic rings. The third-order valence-electron chi connectivity index (χ3n) is 3.53. The van der Waals surface area contributed by atoms with E-state index in [0.29, 0.717) is 27.6 Å². The summed E-state index contributed by atoms with van der Waals surface area (Å²) in [5.74, 6) is 0.416. The number of sulfone groups is 1. The second-order valence-corrected chi connectivity index (χ2v) is 7.86. The number of hydrogen-bond acceptors (Lipinski definition) is 6. The van der Waals surface area contributed by atoms with Gasteiger partial charge < -0.3 is 14.2 Å². The van der Waals surface area contributed by atoms with Crippen LogP contribution >= 0.6 is 11.6 Å². The minimum absolute atomic E-state index is 0.241. The van der Waals surface area contributed by atoms with Gasteiger partial charge in [-0.1, -0.05) is 23.7 Å². The Balaban J connectivity index is 2.19. The van der Waals surface area contributed by atoms with E-state index < -0.39 is 15.8 Å². The van der Waals surface area contributed by atoms with Gasteiger partial charge in [-0.25, -0.2) is 8.42 Å². The second-order valence-electron chi connectivity index (χ2n) is 5.57. The number of carbonyl (C=O) groups is 1. The summed E-state index contributed by atoms with van der Waals surface area (Å²) in [6.07, 6.45) is 1.44. The SMILES string of the molecule is COc1ccc(CS(=O)(=O)/C=C\c2ccc(OC(C)=O)c(OC)c2)c(Cl)c1. The average Bonchev–Trinajstić information content (AvgIpc) is 2.62. The van der Waals surface area contributed by atoms with E-state index in [-0.39, 0.29) is 11.5 Å². The van der Waals surface area contributed by atoms with Crippen molar-refractivity contribution in [3.8, 4) is 17.2 Å². The first kappa shape index (κ1) is 20.8. The van der Waals surface area contributed by atoms with E-state index in [1.807, 2.05) is 0 Å². The molecule has 2 aromatic rings. The Labute approximate surface area is 163 Å². The summed E-state index contributed by atoms with van der Waals surface area (Å²) < 4.78 is 40.0. The molecule has 0 aliphatic heterocycles. The maximum atomic E-state index is 12.4. The molecule has 2 aromatic carbocycles. The van der Waals surface area contributed by atoms with E-state index in [0.717, 1.165) is 5.41 Å². The topological polar surface area (TPSA) is 78.9 Å². The molecule has 0 saturated heterocycles. The smallest absolute Gasteiger partial charge is 0.308 e. The normalized spacial score (nSPS) is 11.4. The molecule has 27 heavy (non-hydrogen) atoms. The van der Waals surface area contributed by atoms with Crippen molar-refractivity contribution < 1.29 is 27.4 Å². The maximum absolute atomic E-state index is 12.4. The van der Waals surface area contributed by atoms with Crippen molar-refractivity contribution in [1.82, 2.24) is 0 Å². The Morgan fingerprint density at radius 1 is 1.07 bits per heavy atom. The number of hydrogen-bond donors (Lipinski definition) is 0. The number of ether oxygens (including phenoxy) is 3. The molecule has 0 amide bonds. The van der Waals surface area contributed by atoms with Gasteiger partial charge in [0.15, 0.2) is 21.3 Å². The quantitative estimate of drug-likeness (QED) is 0.509. The average molecular weight is 411 g/mol. The molecule has 6 nitrogen and oxygen atoms in total. The fourth-order valence-electron chi connectivity index (χ4n) is 2.25. The summed E-state index contributed by atoms with van der Waals surface area (Å²) in [5.41, 5.74) is 1.05. The van der Waals surface area contributed by atoms with Gasteiger partial charge in [0, 0.05) is 17.4 Å². The van der Waals surface area contributed by atoms with Crippen LogP contribution in [0, 0.1) is 0 Å². The summed E-state index contributed by atoms with van der Waals surface area (Å²) >= 11 is 6.10. The van der Waals surface area contributed by atoms with E-state index in [4.69, 9.17) is 25.8 Å². The van der Waals surface area contributed by atoms with Gasteiger partial charge in [0.05, 0.1) is 20.0 Å². The number of halogens is 1. The van der Waals surface area contributed by atoms with Crippen molar-refractivity contribution in [1.29, 1.82) is 0 Å². The molecule has 0 spiro atoms. The molecule has 0 atom stereocenters. The second kappa shape index (κ2) is 8.92. The zero-order chi connectivity index (χ0) is 20.0. The van der Waals surface area contributed by atoms with Crippen molar-refractivity contribution in [3.05, 3.63) is 58.0 Å². The Bertz CT molecular complexity index is 966. The lowest BCUT2D eigenvalue weighted by Crippen LogP contribution is -2.03. The fourth-order valence-corrected chi connectivity index (χ4v) is 3.71. The first-order valence-corrected chi connectivity index (χ1v) is 9.93. The highest BCUT2D eigenvalue weighted by Gasteiger charge is 2.12. The predicted molar refractivity (Wildman–Crippen MR) is 104 cm³/mol. The van der Waals surface area contributed by atoms with Crippen LogP contribution in [0.2, 0.25) is 5.02 Å². The first-order valence-electron chi connectivity index (χ1n) is 7.84. The molecular weight excluding hydrogens is 392 g/mol. The fraction of sp³-hybridized carbons (Fsp3) is 0.211. The largest absolute Gasteiger partial charge is 0.497 e. The van der Waals surface area contributed by atoms with Crippen LogP contribution in [0.5, 0.6) is 17.2 Å². The van der Waals surface area contributed by atoms with E-state index >= 15 is 0 Å². The third-order valence-corrected chi connectivity index (χ3v) is 5.14. The van der Waals surface area contributed by atoms with Crippen LogP contribution in [0.4, 0.5) is 0 Å². The van der Waals surface area contributed by atoms with Crippen molar-refractivity contribution in [3.63, 3.8) is 0 Å². The lowest BCUT2D eigenvalue weighted by Gasteiger charge is -2.08. The predicted octanol–water partition coefficient (Wildman–Crippen LogP) is 3.87. The molecule has 0 heterocycles. The highest BCUT2D eigenvalue weighted by molar-refractivity contribution is 7.93. The molecule has 144 valence electrons. The minimum Gasteiger partial charge on any atom is -0.497 e. The minimum atomic E-state index is -3.56. The number of esters is 1. The highest BCUT2D eigenvalue weighted by atomic mass is 35.5. The lowest BCUT2D eigenvalue weighted by molar-refractivity contribution is -0.132. The maximum Gasteiger partial charge on any atom is 0.308 e. The molecule has 0 unspecified atom stereocenters. The third kappa shape index (κ3) is 6.01. The zero-order valence-corrected chi connectivity index (χ0v) is 16.6. The van der Waals surface area contributed by atoms with Gasteiger partial charge in [-0.15, -0.1) is 0 Å². The summed E-state index contributed by atoms with van der Waals surface area (Å²) in [6, 6.07) is 9.56. The molecule has 0 aromatic heterocycles. The van der Waals surface area contributed by atoms with Crippen LogP contribution in [-0.4, -0.2) is 28.6 Å². The number of rotatable bonds is 7. The van der Waals surface area contributed by atoms with Crippen molar-refractivity contribution in [2.24, 2.45) is 0 Å². The summed E-state index contributed by atoms with van der Waals surface area (Å²) in [4.78, 5) is 11.1. The molecule has 0 bridgehead atoms. The zero-order valence-electron chi connectivity index (χ0n) is 15.1. The van der Waals surface area contributed by atoms with Crippen LogP contribution in [0.3, 0.4) is 0 Å². The van der Waals surface area contributed by atoms with E-state index in [1.54, 1.807) is 30.3 Å². The molecule has 0 N–H and O–H groups in total. The van der Waals surface area contributed by atoms with Crippen LogP contribution in [0.15, 0.2) is 41.8 Å². The highest BCUT2D eigenvalue weighted by Crippen LogP contribution is 2.29. The summed E-state index contributed by atoms with van der Waals surface area (Å²) in [5, 5.41) is 1.42. The van der Waals surface area contributed by atoms with Gasteiger partial charge in [0.2, 0.25) is 0 Å². The molecule has 2 rings (SSSR count). The standard InChI is InChI=1S/C19H19ClO6S/c1-13(21)26-18-7-4-14(10-19(18)25-3)8-9-27(22,23)12-15-5-6-16(24-2)11-17(15)20/h4-11H,12H2,1-3H3/b9-8-. The Hall–Kier alpha value is -2.51. The lowest BCUT2D eigenvalue weighted by atomic mass is 10.2. The monoisotopic (exact) mass is 410 g/mol. The molecule has 0 aliphatic carbocycles. The summed E-state index contributed by atoms with van der Waals surface area (Å²) in [7, 11) is -0.621. The van der Waals surface area contributed by atoms with Gasteiger partial charge in [-0.05, 0) is 41.5 Å². The number of carbonyl (C=O) groups excluding carboxylic acids is 1. The first-order chi connectivity index (χ1) is 12.7. The molecule has 0 saturated carbocycles. The Kier molecular flexibility index (Phi) is 6.87. The van der Waals surface area contributed by atoms with Crippen LogP contribution in [0.25, 0.3) is 6.08 Å². The summed E-state index contributed by atoms with van der Waals surface area (Å²) in [6.45, 7) is 1.28. The van der Waals surface area contributed by atoms with Gasteiger partial charge >= 0.3 is 5.97 Å². The van der Waals surface area contributed by atoms with Gasteiger partial charge in [0.25, 0.3) is 0 Å². The number of methoxy groups -OCH3 is 2. The van der Waals surface area contributed by atoms with Gasteiger partial charge in [0.1, 0.15) is 5.75 Å². The van der Waals surface area contributed by atoms with Crippen LogP contribution < -0.4 is 14.2 Å². The molecule has 0 fully saturated rings. The Morgan fingerprint density at radius 3 is 2.41 bits per heavy atom. The van der Waals surface area contributed by atoms with Gasteiger partial charge in [-0.3, -0.25) is 4.79 Å². The molecule has 0 radical (unpaired) electrons. The van der Waals surface area contributed by atoms with Crippen molar-refractivity contribution in [2.75, 3.05) is 14.2 Å². The van der Waals surface area contributed by atoms with Crippen molar-refractivity contribution in [2.45, 2.75) is 12.7 Å². The van der Waals surface area contributed by atoms with Crippen LogP contribution in [-0.2, 0) is 20.4 Å². The number of benzene rings is 2.